The molecule has 1 aliphatic rings. The molecule has 0 aromatic rings. The Morgan fingerprint density at radius 1 is 1.50 bits per heavy atom. The zero-order valence-corrected chi connectivity index (χ0v) is 4.83. The second-order valence-corrected chi connectivity index (χ2v) is 1.85. The van der Waals surface area contributed by atoms with Crippen LogP contribution in [0.4, 0.5) is 0 Å². The van der Waals surface area contributed by atoms with E-state index in [2.05, 4.69) is 16.6 Å². The fraction of sp³-hybridized carbons (Fsp3) is 0.333. The Balaban J connectivity index is 2.83. The largest absolute Gasteiger partial charge is 0.258 e. The SMILES string of the molecule is C=CC1(C)N=CC=N1. The second kappa shape index (κ2) is 1.54. The maximum Gasteiger partial charge on any atom is 0.165 e. The predicted molar refractivity (Wildman–Crippen MR) is 35.6 cm³/mol. The summed E-state index contributed by atoms with van der Waals surface area (Å²) in [5.74, 6) is 0. The van der Waals surface area contributed by atoms with Gasteiger partial charge in [0.15, 0.2) is 5.66 Å². The van der Waals surface area contributed by atoms with Crippen LogP contribution in [0.2, 0.25) is 0 Å². The van der Waals surface area contributed by atoms with Crippen LogP contribution in [0.3, 0.4) is 0 Å². The molecule has 2 heteroatoms. The van der Waals surface area contributed by atoms with E-state index in [0.717, 1.165) is 0 Å². The zero-order valence-electron chi connectivity index (χ0n) is 4.83. The van der Waals surface area contributed by atoms with Crippen LogP contribution < -0.4 is 0 Å². The van der Waals surface area contributed by atoms with Gasteiger partial charge in [0.05, 0.1) is 0 Å². The van der Waals surface area contributed by atoms with Crippen LogP contribution in [0.15, 0.2) is 22.6 Å². The molecule has 2 nitrogen and oxygen atoms in total. The van der Waals surface area contributed by atoms with Gasteiger partial charge in [0, 0.05) is 12.4 Å². The molecule has 0 bridgehead atoms. The molecule has 0 aromatic carbocycles. The Morgan fingerprint density at radius 2 is 2.00 bits per heavy atom. The Bertz CT molecular complexity index is 144. The molecule has 42 valence electrons. The van der Waals surface area contributed by atoms with Crippen molar-refractivity contribution in [1.29, 1.82) is 0 Å². The smallest absolute Gasteiger partial charge is 0.165 e. The first-order valence-corrected chi connectivity index (χ1v) is 2.49. The number of hydrogen-bond acceptors (Lipinski definition) is 2. The van der Waals surface area contributed by atoms with Gasteiger partial charge >= 0.3 is 0 Å². The molecule has 1 aliphatic heterocycles. The molecule has 0 N–H and O–H groups in total. The van der Waals surface area contributed by atoms with Crippen LogP contribution in [-0.2, 0) is 0 Å². The number of hydrogen-bond donors (Lipinski definition) is 0. The van der Waals surface area contributed by atoms with Gasteiger partial charge in [0.1, 0.15) is 0 Å². The van der Waals surface area contributed by atoms with Crippen molar-refractivity contribution in [2.45, 2.75) is 12.6 Å². The fourth-order valence-corrected chi connectivity index (χ4v) is 0.507. The van der Waals surface area contributed by atoms with E-state index < -0.39 is 0 Å². The quantitative estimate of drug-likeness (QED) is 0.448. The minimum absolute atomic E-state index is 0.361. The first kappa shape index (κ1) is 5.22. The van der Waals surface area contributed by atoms with E-state index in [1.165, 1.54) is 0 Å². The lowest BCUT2D eigenvalue weighted by atomic mass is 10.2. The third-order valence-corrected chi connectivity index (χ3v) is 1.13. The predicted octanol–water partition coefficient (Wildman–Crippen LogP) is 1.04. The van der Waals surface area contributed by atoms with E-state index in [1.54, 1.807) is 18.5 Å². The van der Waals surface area contributed by atoms with Crippen molar-refractivity contribution in [1.82, 2.24) is 0 Å². The highest BCUT2D eigenvalue weighted by Crippen LogP contribution is 2.14. The highest BCUT2D eigenvalue weighted by atomic mass is 15.1. The maximum absolute atomic E-state index is 4.02. The molecule has 0 aromatic heterocycles. The summed E-state index contributed by atoms with van der Waals surface area (Å²) in [5.41, 5.74) is -0.361. The minimum Gasteiger partial charge on any atom is -0.258 e. The van der Waals surface area contributed by atoms with Crippen LogP contribution in [0, 0.1) is 0 Å². The average molecular weight is 108 g/mol. The molecule has 0 amide bonds. The van der Waals surface area contributed by atoms with Gasteiger partial charge in [-0.05, 0) is 13.0 Å². The normalized spacial score (nSPS) is 21.6. The second-order valence-electron chi connectivity index (χ2n) is 1.85. The van der Waals surface area contributed by atoms with Crippen LogP contribution >= 0.6 is 0 Å². The Morgan fingerprint density at radius 3 is 2.25 bits per heavy atom. The Labute approximate surface area is 48.7 Å². The summed E-state index contributed by atoms with van der Waals surface area (Å²) in [4.78, 5) is 8.04. The fourth-order valence-electron chi connectivity index (χ4n) is 0.507. The third kappa shape index (κ3) is 0.689. The third-order valence-electron chi connectivity index (χ3n) is 1.13. The lowest BCUT2D eigenvalue weighted by Crippen LogP contribution is -2.09. The molecule has 0 spiro atoms. The van der Waals surface area contributed by atoms with Crippen molar-refractivity contribution < 1.29 is 0 Å². The molecule has 1 rings (SSSR count). The molecule has 1 heterocycles. The maximum atomic E-state index is 4.02. The molecule has 0 radical (unpaired) electrons. The average Bonchev–Trinajstić information content (AvgIpc) is 2.17. The van der Waals surface area contributed by atoms with E-state index in [0.29, 0.717) is 0 Å². The first-order chi connectivity index (χ1) is 3.77. The van der Waals surface area contributed by atoms with Crippen molar-refractivity contribution >= 4 is 12.4 Å². The van der Waals surface area contributed by atoms with E-state index in [4.69, 9.17) is 0 Å². The van der Waals surface area contributed by atoms with Gasteiger partial charge in [-0.15, -0.1) is 0 Å². The van der Waals surface area contributed by atoms with E-state index in [-0.39, 0.29) is 5.66 Å². The highest BCUT2D eigenvalue weighted by Gasteiger charge is 2.16. The van der Waals surface area contributed by atoms with Gasteiger partial charge < -0.3 is 0 Å². The summed E-state index contributed by atoms with van der Waals surface area (Å²) < 4.78 is 0. The topological polar surface area (TPSA) is 24.7 Å². The van der Waals surface area contributed by atoms with Crippen LogP contribution in [-0.4, -0.2) is 18.1 Å². The monoisotopic (exact) mass is 108 g/mol. The number of nitrogens with zero attached hydrogens (tertiary/aromatic N) is 2. The van der Waals surface area contributed by atoms with Gasteiger partial charge in [-0.25, -0.2) is 0 Å². The molecule has 0 atom stereocenters. The molecule has 0 saturated heterocycles. The Kier molecular flexibility index (Phi) is 1.01. The summed E-state index contributed by atoms with van der Waals surface area (Å²) >= 11 is 0. The van der Waals surface area contributed by atoms with E-state index >= 15 is 0 Å². The van der Waals surface area contributed by atoms with Gasteiger partial charge in [-0.3, -0.25) is 9.98 Å². The van der Waals surface area contributed by atoms with Crippen molar-refractivity contribution in [3.63, 3.8) is 0 Å². The van der Waals surface area contributed by atoms with Gasteiger partial charge in [0.25, 0.3) is 0 Å². The van der Waals surface area contributed by atoms with Crippen LogP contribution in [0.25, 0.3) is 0 Å². The lowest BCUT2D eigenvalue weighted by molar-refractivity contribution is 0.643. The first-order valence-electron chi connectivity index (χ1n) is 2.49. The Hall–Kier alpha value is -0.920. The standard InChI is InChI=1S/C6H8N2/c1-3-6(2)7-4-5-8-6/h3-5H,1H2,2H3. The highest BCUT2D eigenvalue weighted by molar-refractivity contribution is 6.17. The van der Waals surface area contributed by atoms with E-state index in [9.17, 15) is 0 Å². The summed E-state index contributed by atoms with van der Waals surface area (Å²) in [6.45, 7) is 5.49. The van der Waals surface area contributed by atoms with Gasteiger partial charge in [-0.2, -0.15) is 0 Å². The minimum atomic E-state index is -0.361. The summed E-state index contributed by atoms with van der Waals surface area (Å²) in [6.07, 6.45) is 5.08. The molecule has 0 unspecified atom stereocenters. The summed E-state index contributed by atoms with van der Waals surface area (Å²) in [5, 5.41) is 0. The summed E-state index contributed by atoms with van der Waals surface area (Å²) in [7, 11) is 0. The molecule has 0 aliphatic carbocycles. The number of aliphatic imine (C=N–C) groups is 2. The van der Waals surface area contributed by atoms with Gasteiger partial charge in [0.2, 0.25) is 0 Å². The number of rotatable bonds is 1. The molecule has 0 fully saturated rings. The van der Waals surface area contributed by atoms with Crippen molar-refractivity contribution in [2.24, 2.45) is 9.98 Å². The molecule has 0 saturated carbocycles. The van der Waals surface area contributed by atoms with Crippen LogP contribution in [0.1, 0.15) is 6.92 Å². The van der Waals surface area contributed by atoms with Crippen LogP contribution in [0.5, 0.6) is 0 Å². The molecule has 8 heavy (non-hydrogen) atoms. The van der Waals surface area contributed by atoms with Crippen molar-refractivity contribution in [3.05, 3.63) is 12.7 Å². The van der Waals surface area contributed by atoms with Crippen molar-refractivity contribution in [3.8, 4) is 0 Å². The summed E-state index contributed by atoms with van der Waals surface area (Å²) in [6, 6.07) is 0. The molecular weight excluding hydrogens is 100 g/mol. The van der Waals surface area contributed by atoms with E-state index in [1.807, 2.05) is 6.92 Å². The van der Waals surface area contributed by atoms with Gasteiger partial charge in [-0.1, -0.05) is 6.58 Å². The zero-order chi connectivity index (χ0) is 6.04. The lowest BCUT2D eigenvalue weighted by Gasteiger charge is -2.08. The van der Waals surface area contributed by atoms with Crippen molar-refractivity contribution in [2.75, 3.05) is 0 Å². The molecular formula is C6H8N2.